The van der Waals surface area contributed by atoms with Gasteiger partial charge in [-0.3, -0.25) is 4.98 Å². The summed E-state index contributed by atoms with van der Waals surface area (Å²) in [6.07, 6.45) is 3.46. The summed E-state index contributed by atoms with van der Waals surface area (Å²) in [6, 6.07) is 9.76. The molecule has 0 radical (unpaired) electrons. The summed E-state index contributed by atoms with van der Waals surface area (Å²) in [5, 5.41) is 0.683. The van der Waals surface area contributed by atoms with Crippen LogP contribution in [-0.4, -0.2) is 11.0 Å². The van der Waals surface area contributed by atoms with Gasteiger partial charge in [0.25, 0.3) is 0 Å². The highest BCUT2D eigenvalue weighted by Crippen LogP contribution is 2.23. The van der Waals surface area contributed by atoms with Gasteiger partial charge in [0.05, 0.1) is 6.20 Å². The normalized spacial score (nSPS) is 12.2. The maximum absolute atomic E-state index is 6.15. The van der Waals surface area contributed by atoms with Gasteiger partial charge in [-0.05, 0) is 30.7 Å². The van der Waals surface area contributed by atoms with Crippen LogP contribution in [0, 0.1) is 0 Å². The van der Waals surface area contributed by atoms with Crippen LogP contribution in [0.15, 0.2) is 41.0 Å². The number of rotatable bonds is 6. The third-order valence-corrected chi connectivity index (χ3v) is 4.05. The Bertz CT molecular complexity index is 589. The fourth-order valence-electron chi connectivity index (χ4n) is 1.83. The molecule has 1 atom stereocenters. The van der Waals surface area contributed by atoms with Crippen LogP contribution in [0.25, 0.3) is 0 Å². The van der Waals surface area contributed by atoms with Gasteiger partial charge in [-0.1, -0.05) is 40.5 Å². The molecule has 0 saturated carbocycles. The Kier molecular flexibility index (Phi) is 6.03. The SMILES string of the molecule is CCC(N)Cc1ccc(OCc2ccc(Br)cc2Cl)cn1. The number of hydrogen-bond acceptors (Lipinski definition) is 3. The summed E-state index contributed by atoms with van der Waals surface area (Å²) >= 11 is 9.53. The Morgan fingerprint density at radius 2 is 2.14 bits per heavy atom. The van der Waals surface area contributed by atoms with Gasteiger partial charge in [-0.25, -0.2) is 0 Å². The predicted octanol–water partition coefficient (Wildman–Crippen LogP) is 4.36. The zero-order valence-corrected chi connectivity index (χ0v) is 14.2. The van der Waals surface area contributed by atoms with Crippen molar-refractivity contribution in [1.29, 1.82) is 0 Å². The molecular formula is C16H18BrClN2O. The third kappa shape index (κ3) is 4.99. The molecule has 1 heterocycles. The number of hydrogen-bond donors (Lipinski definition) is 1. The molecule has 2 N–H and O–H groups in total. The average molecular weight is 370 g/mol. The van der Waals surface area contributed by atoms with Gasteiger partial charge in [-0.2, -0.15) is 0 Å². The lowest BCUT2D eigenvalue weighted by Gasteiger charge is -2.10. The molecule has 0 bridgehead atoms. The van der Waals surface area contributed by atoms with Crippen LogP contribution in [0.2, 0.25) is 5.02 Å². The minimum Gasteiger partial charge on any atom is -0.487 e. The van der Waals surface area contributed by atoms with E-state index in [0.29, 0.717) is 11.6 Å². The van der Waals surface area contributed by atoms with Crippen LogP contribution >= 0.6 is 27.5 Å². The summed E-state index contributed by atoms with van der Waals surface area (Å²) in [5.41, 5.74) is 7.84. The van der Waals surface area contributed by atoms with Crippen LogP contribution in [0.5, 0.6) is 5.75 Å². The minimum absolute atomic E-state index is 0.158. The molecule has 0 amide bonds. The standard InChI is InChI=1S/C16H18BrClN2O/c1-2-13(19)8-14-5-6-15(9-20-14)21-10-11-3-4-12(17)7-16(11)18/h3-7,9,13H,2,8,10,19H2,1H3. The van der Waals surface area contributed by atoms with Gasteiger partial charge < -0.3 is 10.5 Å². The fraction of sp³-hybridized carbons (Fsp3) is 0.312. The van der Waals surface area contributed by atoms with Gasteiger partial charge in [-0.15, -0.1) is 0 Å². The monoisotopic (exact) mass is 368 g/mol. The molecule has 3 nitrogen and oxygen atoms in total. The first-order valence-electron chi connectivity index (χ1n) is 6.85. The second-order valence-electron chi connectivity index (χ2n) is 4.88. The van der Waals surface area contributed by atoms with E-state index < -0.39 is 0 Å². The van der Waals surface area contributed by atoms with E-state index in [0.717, 1.165) is 34.3 Å². The van der Waals surface area contributed by atoms with E-state index in [-0.39, 0.29) is 6.04 Å². The number of nitrogens with zero attached hydrogens (tertiary/aromatic N) is 1. The molecule has 0 saturated heterocycles. The van der Waals surface area contributed by atoms with Gasteiger partial charge in [0, 0.05) is 33.2 Å². The van der Waals surface area contributed by atoms with Crippen LogP contribution < -0.4 is 10.5 Å². The zero-order valence-electron chi connectivity index (χ0n) is 11.9. The van der Waals surface area contributed by atoms with Crippen LogP contribution in [0.3, 0.4) is 0 Å². The molecule has 1 aromatic heterocycles. The van der Waals surface area contributed by atoms with Crippen LogP contribution in [-0.2, 0) is 13.0 Å². The average Bonchev–Trinajstić information content (AvgIpc) is 2.48. The first-order valence-corrected chi connectivity index (χ1v) is 8.02. The van der Waals surface area contributed by atoms with Crippen LogP contribution in [0.4, 0.5) is 0 Å². The highest BCUT2D eigenvalue weighted by Gasteiger charge is 2.05. The quantitative estimate of drug-likeness (QED) is 0.823. The van der Waals surface area contributed by atoms with E-state index >= 15 is 0 Å². The Morgan fingerprint density at radius 1 is 1.33 bits per heavy atom. The predicted molar refractivity (Wildman–Crippen MR) is 89.7 cm³/mol. The molecule has 2 aromatic rings. The maximum Gasteiger partial charge on any atom is 0.138 e. The van der Waals surface area contributed by atoms with Gasteiger partial charge in [0.1, 0.15) is 12.4 Å². The smallest absolute Gasteiger partial charge is 0.138 e. The van der Waals surface area contributed by atoms with Crippen molar-refractivity contribution < 1.29 is 4.74 Å². The number of aromatic nitrogens is 1. The van der Waals surface area contributed by atoms with Gasteiger partial charge in [0.2, 0.25) is 0 Å². The van der Waals surface area contributed by atoms with E-state index in [2.05, 4.69) is 27.8 Å². The molecule has 0 aliphatic rings. The molecule has 21 heavy (non-hydrogen) atoms. The maximum atomic E-state index is 6.15. The molecular weight excluding hydrogens is 352 g/mol. The van der Waals surface area contributed by atoms with E-state index in [4.69, 9.17) is 22.1 Å². The molecule has 1 unspecified atom stereocenters. The number of pyridine rings is 1. The van der Waals surface area contributed by atoms with Crippen molar-refractivity contribution in [2.24, 2.45) is 5.73 Å². The summed E-state index contributed by atoms with van der Waals surface area (Å²) in [7, 11) is 0. The van der Waals surface area contributed by atoms with Gasteiger partial charge in [0.15, 0.2) is 0 Å². The Labute approximate surface area is 138 Å². The summed E-state index contributed by atoms with van der Waals surface area (Å²) in [5.74, 6) is 0.725. The summed E-state index contributed by atoms with van der Waals surface area (Å²) in [4.78, 5) is 4.37. The fourth-order valence-corrected chi connectivity index (χ4v) is 2.56. The van der Waals surface area contributed by atoms with Crippen molar-refractivity contribution in [2.75, 3.05) is 0 Å². The second kappa shape index (κ2) is 7.78. The van der Waals surface area contributed by atoms with Crippen molar-refractivity contribution in [3.63, 3.8) is 0 Å². The van der Waals surface area contributed by atoms with E-state index in [9.17, 15) is 0 Å². The zero-order chi connectivity index (χ0) is 15.2. The highest BCUT2D eigenvalue weighted by molar-refractivity contribution is 9.10. The molecule has 0 spiro atoms. The van der Waals surface area contributed by atoms with E-state index in [1.54, 1.807) is 6.20 Å². The topological polar surface area (TPSA) is 48.1 Å². The molecule has 0 aliphatic carbocycles. The van der Waals surface area contributed by atoms with E-state index in [1.807, 2.05) is 30.3 Å². The third-order valence-electron chi connectivity index (χ3n) is 3.20. The molecule has 112 valence electrons. The molecule has 0 aliphatic heterocycles. The first-order chi connectivity index (χ1) is 10.1. The Hall–Kier alpha value is -1.10. The minimum atomic E-state index is 0.158. The number of ether oxygens (including phenoxy) is 1. The Morgan fingerprint density at radius 3 is 2.76 bits per heavy atom. The number of halogens is 2. The molecule has 5 heteroatoms. The molecule has 0 fully saturated rings. The lowest BCUT2D eigenvalue weighted by molar-refractivity contribution is 0.305. The number of benzene rings is 1. The van der Waals surface area contributed by atoms with E-state index in [1.165, 1.54) is 0 Å². The van der Waals surface area contributed by atoms with Gasteiger partial charge >= 0.3 is 0 Å². The van der Waals surface area contributed by atoms with Crippen LogP contribution in [0.1, 0.15) is 24.6 Å². The lowest BCUT2D eigenvalue weighted by Crippen LogP contribution is -2.21. The summed E-state index contributed by atoms with van der Waals surface area (Å²) in [6.45, 7) is 2.49. The summed E-state index contributed by atoms with van der Waals surface area (Å²) < 4.78 is 6.66. The Balaban J connectivity index is 1.94. The van der Waals surface area contributed by atoms with Crippen molar-refractivity contribution in [3.05, 3.63) is 57.3 Å². The molecule has 2 rings (SSSR count). The van der Waals surface area contributed by atoms with Crippen molar-refractivity contribution in [1.82, 2.24) is 4.98 Å². The second-order valence-corrected chi connectivity index (χ2v) is 6.20. The lowest BCUT2D eigenvalue weighted by atomic mass is 10.1. The largest absolute Gasteiger partial charge is 0.487 e. The molecule has 1 aromatic carbocycles. The highest BCUT2D eigenvalue weighted by atomic mass is 79.9. The van der Waals surface area contributed by atoms with Crippen molar-refractivity contribution in [3.8, 4) is 5.75 Å². The number of nitrogens with two attached hydrogens (primary N) is 1. The van der Waals surface area contributed by atoms with Crippen molar-refractivity contribution >= 4 is 27.5 Å². The first kappa shape index (κ1) is 16.3. The van der Waals surface area contributed by atoms with Crippen molar-refractivity contribution in [2.45, 2.75) is 32.4 Å².